The first-order chi connectivity index (χ1) is 8.97. The summed E-state index contributed by atoms with van der Waals surface area (Å²) in [5, 5.41) is 7.37. The van der Waals surface area contributed by atoms with E-state index >= 15 is 0 Å². The van der Waals surface area contributed by atoms with Gasteiger partial charge in [0.1, 0.15) is 6.04 Å². The van der Waals surface area contributed by atoms with Crippen LogP contribution in [-0.4, -0.2) is 15.7 Å². The van der Waals surface area contributed by atoms with Crippen LogP contribution in [0, 0.1) is 6.92 Å². The molecule has 0 radical (unpaired) electrons. The van der Waals surface area contributed by atoms with Gasteiger partial charge in [-0.05, 0) is 37.6 Å². The van der Waals surface area contributed by atoms with Crippen LogP contribution in [0.1, 0.15) is 18.5 Å². The molecule has 1 unspecified atom stereocenters. The van der Waals surface area contributed by atoms with E-state index in [-0.39, 0.29) is 5.91 Å². The second-order valence-electron chi connectivity index (χ2n) is 4.40. The van der Waals surface area contributed by atoms with E-state index in [0.717, 1.165) is 5.56 Å². The van der Waals surface area contributed by atoms with E-state index in [0.29, 0.717) is 16.4 Å². The molecule has 2 rings (SSSR count). The number of nitrogen functional groups attached to an aromatic ring is 1. The van der Waals surface area contributed by atoms with Gasteiger partial charge in [0.25, 0.3) is 0 Å². The molecule has 0 spiro atoms. The quantitative estimate of drug-likeness (QED) is 0.848. The Balaban J connectivity index is 2.10. The molecule has 3 N–H and O–H groups in total. The molecule has 2 aromatic rings. The van der Waals surface area contributed by atoms with Gasteiger partial charge in [0.2, 0.25) is 5.91 Å². The normalized spacial score (nSPS) is 12.2. The molecule has 100 valence electrons. The van der Waals surface area contributed by atoms with Gasteiger partial charge in [-0.25, -0.2) is 0 Å². The standard InChI is InChI=1S/C13H15ClN4O/c1-8-6-16-18(7-8)9(2)13(19)17-10-3-4-11(14)12(15)5-10/h3-7,9H,15H2,1-2H3,(H,17,19). The van der Waals surface area contributed by atoms with E-state index in [1.807, 2.05) is 13.1 Å². The van der Waals surface area contributed by atoms with Crippen molar-refractivity contribution in [2.45, 2.75) is 19.9 Å². The maximum atomic E-state index is 12.1. The van der Waals surface area contributed by atoms with Crippen LogP contribution in [0.5, 0.6) is 0 Å². The van der Waals surface area contributed by atoms with Gasteiger partial charge in [0.15, 0.2) is 0 Å². The van der Waals surface area contributed by atoms with Gasteiger partial charge in [0.05, 0.1) is 16.9 Å². The predicted octanol–water partition coefficient (Wildman–Crippen LogP) is 2.63. The highest BCUT2D eigenvalue weighted by atomic mass is 35.5. The number of halogens is 1. The third kappa shape index (κ3) is 3.06. The maximum Gasteiger partial charge on any atom is 0.248 e. The molecule has 0 saturated heterocycles. The van der Waals surface area contributed by atoms with Gasteiger partial charge in [0, 0.05) is 11.9 Å². The minimum atomic E-state index is -0.398. The van der Waals surface area contributed by atoms with Crippen LogP contribution in [-0.2, 0) is 4.79 Å². The van der Waals surface area contributed by atoms with Crippen LogP contribution in [0.15, 0.2) is 30.6 Å². The zero-order valence-electron chi connectivity index (χ0n) is 10.7. The van der Waals surface area contributed by atoms with Gasteiger partial charge in [-0.15, -0.1) is 0 Å². The van der Waals surface area contributed by atoms with Crippen molar-refractivity contribution >= 4 is 28.9 Å². The monoisotopic (exact) mass is 278 g/mol. The number of carbonyl (C=O) groups is 1. The number of aryl methyl sites for hydroxylation is 1. The lowest BCUT2D eigenvalue weighted by Gasteiger charge is -2.13. The van der Waals surface area contributed by atoms with Gasteiger partial charge < -0.3 is 11.1 Å². The van der Waals surface area contributed by atoms with Crippen molar-refractivity contribution in [3.63, 3.8) is 0 Å². The zero-order chi connectivity index (χ0) is 14.0. The number of aromatic nitrogens is 2. The van der Waals surface area contributed by atoms with Crippen molar-refractivity contribution < 1.29 is 4.79 Å². The molecule has 1 heterocycles. The van der Waals surface area contributed by atoms with Crippen molar-refractivity contribution in [2.75, 3.05) is 11.1 Å². The minimum Gasteiger partial charge on any atom is -0.397 e. The maximum absolute atomic E-state index is 12.1. The number of rotatable bonds is 3. The predicted molar refractivity (Wildman–Crippen MR) is 76.2 cm³/mol. The molecule has 0 aliphatic heterocycles. The summed E-state index contributed by atoms with van der Waals surface area (Å²) in [6.07, 6.45) is 3.53. The van der Waals surface area contributed by atoms with E-state index in [1.165, 1.54) is 0 Å². The first-order valence-electron chi connectivity index (χ1n) is 5.84. The highest BCUT2D eigenvalue weighted by Crippen LogP contribution is 2.23. The molecule has 0 fully saturated rings. The summed E-state index contributed by atoms with van der Waals surface area (Å²) in [6, 6.07) is 4.58. The Morgan fingerprint density at radius 3 is 2.84 bits per heavy atom. The number of nitrogens with two attached hydrogens (primary N) is 1. The van der Waals surface area contributed by atoms with Crippen molar-refractivity contribution in [1.82, 2.24) is 9.78 Å². The fourth-order valence-electron chi connectivity index (χ4n) is 1.63. The average Bonchev–Trinajstić information content (AvgIpc) is 2.79. The Bertz CT molecular complexity index is 608. The largest absolute Gasteiger partial charge is 0.397 e. The van der Waals surface area contributed by atoms with Gasteiger partial charge >= 0.3 is 0 Å². The van der Waals surface area contributed by atoms with E-state index in [4.69, 9.17) is 17.3 Å². The molecule has 0 aliphatic carbocycles. The molecule has 1 atom stereocenters. The van der Waals surface area contributed by atoms with Crippen LogP contribution in [0.25, 0.3) is 0 Å². The number of nitrogens with zero attached hydrogens (tertiary/aromatic N) is 2. The second-order valence-corrected chi connectivity index (χ2v) is 4.81. The van der Waals surface area contributed by atoms with Gasteiger partial charge in [-0.3, -0.25) is 9.48 Å². The third-order valence-corrected chi connectivity index (χ3v) is 3.11. The molecule has 0 saturated carbocycles. The summed E-state index contributed by atoms with van der Waals surface area (Å²) in [5.41, 5.74) is 7.74. The number of benzene rings is 1. The lowest BCUT2D eigenvalue weighted by Crippen LogP contribution is -2.24. The van der Waals surface area contributed by atoms with Crippen LogP contribution in [0.4, 0.5) is 11.4 Å². The first kappa shape index (κ1) is 13.4. The Kier molecular flexibility index (Phi) is 3.76. The molecule has 0 bridgehead atoms. The number of hydrogen-bond donors (Lipinski definition) is 2. The number of anilines is 2. The van der Waals surface area contributed by atoms with Crippen LogP contribution < -0.4 is 11.1 Å². The highest BCUT2D eigenvalue weighted by Gasteiger charge is 2.15. The number of carbonyl (C=O) groups excluding carboxylic acids is 1. The van der Waals surface area contributed by atoms with Crippen molar-refractivity contribution in [1.29, 1.82) is 0 Å². The van der Waals surface area contributed by atoms with Crippen LogP contribution >= 0.6 is 11.6 Å². The van der Waals surface area contributed by atoms with Crippen LogP contribution in [0.3, 0.4) is 0 Å². The number of nitrogens with one attached hydrogen (secondary N) is 1. The fourth-order valence-corrected chi connectivity index (χ4v) is 1.75. The topological polar surface area (TPSA) is 72.9 Å². The Labute approximate surface area is 116 Å². The summed E-state index contributed by atoms with van der Waals surface area (Å²) in [7, 11) is 0. The number of amides is 1. The van der Waals surface area contributed by atoms with Crippen molar-refractivity contribution in [3.05, 3.63) is 41.2 Å². The van der Waals surface area contributed by atoms with E-state index in [1.54, 1.807) is 36.0 Å². The first-order valence-corrected chi connectivity index (χ1v) is 6.22. The molecule has 1 aromatic carbocycles. The summed E-state index contributed by atoms with van der Waals surface area (Å²) >= 11 is 5.83. The summed E-state index contributed by atoms with van der Waals surface area (Å²) in [5.74, 6) is -0.162. The lowest BCUT2D eigenvalue weighted by atomic mass is 10.2. The molecule has 5 nitrogen and oxygen atoms in total. The lowest BCUT2D eigenvalue weighted by molar-refractivity contribution is -0.119. The van der Waals surface area contributed by atoms with Crippen molar-refractivity contribution in [3.8, 4) is 0 Å². The molecular weight excluding hydrogens is 264 g/mol. The fraction of sp³-hybridized carbons (Fsp3) is 0.231. The molecule has 0 aliphatic rings. The van der Waals surface area contributed by atoms with E-state index in [2.05, 4.69) is 10.4 Å². The Morgan fingerprint density at radius 1 is 1.53 bits per heavy atom. The minimum absolute atomic E-state index is 0.162. The molecule has 6 heteroatoms. The smallest absolute Gasteiger partial charge is 0.248 e. The summed E-state index contributed by atoms with van der Waals surface area (Å²) in [4.78, 5) is 12.1. The SMILES string of the molecule is Cc1cnn(C(C)C(=O)Nc2ccc(Cl)c(N)c2)c1. The number of hydrogen-bond acceptors (Lipinski definition) is 3. The van der Waals surface area contributed by atoms with Gasteiger partial charge in [-0.1, -0.05) is 11.6 Å². The third-order valence-electron chi connectivity index (χ3n) is 2.77. The summed E-state index contributed by atoms with van der Waals surface area (Å²) < 4.78 is 1.62. The average molecular weight is 279 g/mol. The highest BCUT2D eigenvalue weighted by molar-refractivity contribution is 6.33. The molecule has 1 amide bonds. The van der Waals surface area contributed by atoms with Crippen molar-refractivity contribution in [2.24, 2.45) is 0 Å². The van der Waals surface area contributed by atoms with E-state index < -0.39 is 6.04 Å². The Morgan fingerprint density at radius 2 is 2.26 bits per heavy atom. The second kappa shape index (κ2) is 5.32. The van der Waals surface area contributed by atoms with Gasteiger partial charge in [-0.2, -0.15) is 5.10 Å². The molecular formula is C13H15ClN4O. The summed E-state index contributed by atoms with van der Waals surface area (Å²) in [6.45, 7) is 3.70. The zero-order valence-corrected chi connectivity index (χ0v) is 11.5. The molecule has 1 aromatic heterocycles. The Hall–Kier alpha value is -2.01. The van der Waals surface area contributed by atoms with E-state index in [9.17, 15) is 4.79 Å². The van der Waals surface area contributed by atoms with Crippen LogP contribution in [0.2, 0.25) is 5.02 Å². The molecule has 19 heavy (non-hydrogen) atoms.